The number of carbonyl (C=O) groups is 2. The Morgan fingerprint density at radius 1 is 1.52 bits per heavy atom. The second kappa shape index (κ2) is 4.80. The van der Waals surface area contributed by atoms with Gasteiger partial charge in [-0.05, 0) is 25.4 Å². The molecule has 1 saturated carbocycles. The second-order valence-corrected chi connectivity index (χ2v) is 4.60. The number of benzene rings is 1. The lowest BCUT2D eigenvalue weighted by molar-refractivity contribution is -0.132. The molecule has 2 unspecified atom stereocenters. The molecule has 0 radical (unpaired) electrons. The van der Waals surface area contributed by atoms with E-state index in [4.69, 9.17) is 14.0 Å². The Morgan fingerprint density at radius 2 is 2.33 bits per heavy atom. The standard InChI is InChI=1S/C15H15N3O3/c1-8-17-11-4-2-3-10(16)14(11)15(21)18(8)12-6-5-9(19)7-13(12)20/h2-4,12H,5-7,16H2,1H3/i1D,2D,3D,4D,5D,12D. The fourth-order valence-electron chi connectivity index (χ4n) is 2.27. The average molecular weight is 291 g/mol. The van der Waals surface area contributed by atoms with Crippen LogP contribution in [0.3, 0.4) is 0 Å². The molecule has 0 aliphatic heterocycles. The summed E-state index contributed by atoms with van der Waals surface area (Å²) in [7, 11) is 0. The molecule has 3 rings (SSSR count). The summed E-state index contributed by atoms with van der Waals surface area (Å²) in [5.41, 5.74) is 4.06. The van der Waals surface area contributed by atoms with Gasteiger partial charge in [-0.25, -0.2) is 4.98 Å². The van der Waals surface area contributed by atoms with Gasteiger partial charge in [-0.2, -0.15) is 0 Å². The summed E-state index contributed by atoms with van der Waals surface area (Å²) in [4.78, 5) is 41.2. The summed E-state index contributed by atoms with van der Waals surface area (Å²) in [5.74, 6) is -1.87. The lowest BCUT2D eigenvalue weighted by atomic mass is 9.92. The number of ketones is 2. The highest BCUT2D eigenvalue weighted by molar-refractivity contribution is 6.03. The Balaban J connectivity index is 2.44. The molecule has 0 bridgehead atoms. The van der Waals surface area contributed by atoms with Crippen LogP contribution >= 0.6 is 0 Å². The van der Waals surface area contributed by atoms with Gasteiger partial charge in [0.15, 0.2) is 5.78 Å². The van der Waals surface area contributed by atoms with E-state index in [2.05, 4.69) is 4.98 Å². The van der Waals surface area contributed by atoms with Gasteiger partial charge in [-0.3, -0.25) is 19.0 Å². The molecular formula is C15H15N3O3. The first-order valence-electron chi connectivity index (χ1n) is 9.41. The summed E-state index contributed by atoms with van der Waals surface area (Å²) in [5, 5.41) is -0.393. The maximum atomic E-state index is 13.1. The van der Waals surface area contributed by atoms with Crippen LogP contribution in [0.5, 0.6) is 0 Å². The van der Waals surface area contributed by atoms with E-state index in [9.17, 15) is 14.4 Å². The van der Waals surface area contributed by atoms with Crippen LogP contribution in [0.15, 0.2) is 22.9 Å². The van der Waals surface area contributed by atoms with Crippen LogP contribution in [-0.4, -0.2) is 21.1 Å². The summed E-state index contributed by atoms with van der Waals surface area (Å²) in [6, 6.07) is -3.93. The molecule has 0 spiro atoms. The van der Waals surface area contributed by atoms with E-state index < -0.39 is 78.5 Å². The molecule has 21 heavy (non-hydrogen) atoms. The molecule has 0 amide bonds. The lowest BCUT2D eigenvalue weighted by Crippen LogP contribution is -2.36. The molecule has 6 heteroatoms. The fourth-order valence-corrected chi connectivity index (χ4v) is 2.27. The van der Waals surface area contributed by atoms with Crippen LogP contribution in [0.25, 0.3) is 10.9 Å². The Hall–Kier alpha value is -2.50. The van der Waals surface area contributed by atoms with Crippen molar-refractivity contribution in [1.82, 2.24) is 9.55 Å². The second-order valence-electron chi connectivity index (χ2n) is 4.60. The molecule has 2 aromatic rings. The highest BCUT2D eigenvalue weighted by Gasteiger charge is 2.30. The van der Waals surface area contributed by atoms with Crippen LogP contribution in [0, 0.1) is 6.90 Å². The van der Waals surface area contributed by atoms with Crippen LogP contribution in [0.4, 0.5) is 5.69 Å². The van der Waals surface area contributed by atoms with Gasteiger partial charge in [-0.15, -0.1) is 0 Å². The number of nitrogen functional groups attached to an aromatic ring is 1. The Bertz CT molecular complexity index is 1070. The first kappa shape index (κ1) is 8.07. The molecule has 1 aromatic heterocycles. The summed E-state index contributed by atoms with van der Waals surface area (Å²) < 4.78 is 48.0. The molecule has 108 valence electrons. The van der Waals surface area contributed by atoms with Crippen molar-refractivity contribution in [3.63, 3.8) is 0 Å². The molecule has 1 aliphatic carbocycles. The number of anilines is 1. The molecule has 2 atom stereocenters. The van der Waals surface area contributed by atoms with Crippen LogP contribution in [0.1, 0.15) is 39.3 Å². The molecule has 6 nitrogen and oxygen atoms in total. The van der Waals surface area contributed by atoms with E-state index >= 15 is 0 Å². The zero-order valence-electron chi connectivity index (χ0n) is 16.9. The van der Waals surface area contributed by atoms with Gasteiger partial charge in [0.1, 0.15) is 11.6 Å². The zero-order valence-corrected chi connectivity index (χ0v) is 10.9. The van der Waals surface area contributed by atoms with Crippen LogP contribution in [-0.2, 0) is 9.59 Å². The topological polar surface area (TPSA) is 95.0 Å². The minimum absolute atomic E-state index is 0.289. The Kier molecular flexibility index (Phi) is 1.84. The third-order valence-corrected chi connectivity index (χ3v) is 3.25. The van der Waals surface area contributed by atoms with Crippen LogP contribution in [0.2, 0.25) is 0 Å². The highest BCUT2D eigenvalue weighted by Crippen LogP contribution is 2.24. The zero-order chi connectivity index (χ0) is 20.3. The van der Waals surface area contributed by atoms with Crippen LogP contribution < -0.4 is 11.3 Å². The van der Waals surface area contributed by atoms with Crippen molar-refractivity contribution in [3.8, 4) is 0 Å². The van der Waals surface area contributed by atoms with Crippen molar-refractivity contribution in [2.24, 2.45) is 0 Å². The van der Waals surface area contributed by atoms with Crippen molar-refractivity contribution in [2.75, 3.05) is 5.73 Å². The van der Waals surface area contributed by atoms with E-state index in [-0.39, 0.29) is 11.3 Å². The Morgan fingerprint density at radius 3 is 3.10 bits per heavy atom. The minimum atomic E-state index is -2.31. The molecule has 0 saturated heterocycles. The number of hydrogen-bond acceptors (Lipinski definition) is 5. The SMILES string of the molecule is [2H]Cc1nc2c([2H])c([2H])c([2H])c(N)c2c(=O)n1C1([2H])CC([2H])C(=O)CC1=O. The highest BCUT2D eigenvalue weighted by atomic mass is 16.2. The largest absolute Gasteiger partial charge is 0.398 e. The summed E-state index contributed by atoms with van der Waals surface area (Å²) in [6.45, 7) is -0.620. The summed E-state index contributed by atoms with van der Waals surface area (Å²) in [6.07, 6.45) is -2.65. The maximum Gasteiger partial charge on any atom is 0.264 e. The number of aromatic nitrogens is 2. The predicted octanol–water partition coefficient (Wildman–Crippen LogP) is 1.15. The molecule has 2 N–H and O–H groups in total. The third-order valence-electron chi connectivity index (χ3n) is 3.25. The number of nitrogens with zero attached hydrogens (tertiary/aromatic N) is 2. The molecular weight excluding hydrogens is 270 g/mol. The first-order chi connectivity index (χ1) is 12.5. The number of fused-ring (bicyclic) bond motifs is 1. The van der Waals surface area contributed by atoms with Gasteiger partial charge in [0.25, 0.3) is 5.56 Å². The van der Waals surface area contributed by atoms with Gasteiger partial charge < -0.3 is 5.73 Å². The molecule has 1 heterocycles. The normalized spacial score (nSPS) is 30.2. The smallest absolute Gasteiger partial charge is 0.264 e. The number of hydrogen-bond donors (Lipinski definition) is 1. The molecule has 1 fully saturated rings. The number of Topliss-reactive ketones (excluding diaryl/α,β-unsaturated/α-hetero) is 2. The van der Waals surface area contributed by atoms with E-state index in [1.165, 1.54) is 0 Å². The van der Waals surface area contributed by atoms with Crippen molar-refractivity contribution >= 4 is 28.2 Å². The number of carbonyl (C=O) groups excluding carboxylic acids is 2. The minimum Gasteiger partial charge on any atom is -0.398 e. The Labute approximate surface area is 129 Å². The fraction of sp³-hybridized carbons (Fsp3) is 0.333. The van der Waals surface area contributed by atoms with Gasteiger partial charge >= 0.3 is 0 Å². The van der Waals surface area contributed by atoms with E-state index in [1.807, 2.05) is 0 Å². The van der Waals surface area contributed by atoms with E-state index in [0.717, 1.165) is 0 Å². The van der Waals surface area contributed by atoms with Gasteiger partial charge in [0.2, 0.25) is 0 Å². The van der Waals surface area contributed by atoms with Gasteiger partial charge in [-0.1, -0.05) is 6.04 Å². The van der Waals surface area contributed by atoms with Gasteiger partial charge in [0, 0.05) is 14.8 Å². The maximum absolute atomic E-state index is 13.1. The van der Waals surface area contributed by atoms with Crippen molar-refractivity contribution in [1.29, 1.82) is 0 Å². The lowest BCUT2D eigenvalue weighted by Gasteiger charge is -2.24. The summed E-state index contributed by atoms with van der Waals surface area (Å²) >= 11 is 0. The van der Waals surface area contributed by atoms with Gasteiger partial charge in [0.05, 0.1) is 28.8 Å². The quantitative estimate of drug-likeness (QED) is 0.628. The predicted molar refractivity (Wildman–Crippen MR) is 78.1 cm³/mol. The van der Waals surface area contributed by atoms with Crippen molar-refractivity contribution in [3.05, 3.63) is 34.3 Å². The van der Waals surface area contributed by atoms with E-state index in [0.29, 0.717) is 4.57 Å². The molecule has 1 aromatic carbocycles. The van der Waals surface area contributed by atoms with E-state index in [1.54, 1.807) is 0 Å². The number of nitrogens with two attached hydrogens (primary N) is 1. The monoisotopic (exact) mass is 291 g/mol. The average Bonchev–Trinajstić information content (AvgIpc) is 2.62. The molecule has 1 aliphatic rings. The third kappa shape index (κ3) is 2.12. The first-order valence-corrected chi connectivity index (χ1v) is 6.13. The number of rotatable bonds is 1. The number of aryl methyl sites for hydroxylation is 1. The van der Waals surface area contributed by atoms with Crippen molar-refractivity contribution < 1.29 is 17.8 Å². The van der Waals surface area contributed by atoms with Crippen molar-refractivity contribution in [2.45, 2.75) is 32.2 Å².